The van der Waals surface area contributed by atoms with Crippen LogP contribution >= 0.6 is 23.1 Å². The van der Waals surface area contributed by atoms with E-state index in [2.05, 4.69) is 27.3 Å². The first-order chi connectivity index (χ1) is 11.6. The number of nitrogens with one attached hydrogen (secondary N) is 1. The molecule has 1 amide bonds. The van der Waals surface area contributed by atoms with Gasteiger partial charge in [0.2, 0.25) is 5.89 Å². The molecule has 5 heterocycles. The zero-order valence-corrected chi connectivity index (χ0v) is 15.3. The van der Waals surface area contributed by atoms with Gasteiger partial charge in [-0.15, -0.1) is 21.5 Å². The van der Waals surface area contributed by atoms with Crippen LogP contribution in [0.15, 0.2) is 26.0 Å². The van der Waals surface area contributed by atoms with E-state index in [0.717, 1.165) is 9.09 Å². The van der Waals surface area contributed by atoms with Gasteiger partial charge >= 0.3 is 0 Å². The quantitative estimate of drug-likeness (QED) is 0.899. The molecule has 0 unspecified atom stereocenters. The van der Waals surface area contributed by atoms with E-state index >= 15 is 0 Å². The number of nitrogens with zero attached hydrogens (tertiary/aromatic N) is 3. The number of amides is 1. The number of carbonyl (C=O) groups is 1. The third-order valence-corrected chi connectivity index (χ3v) is 7.03. The number of hydrogen-bond donors (Lipinski definition) is 1. The first kappa shape index (κ1) is 16.1. The Labute approximate surface area is 149 Å². The highest BCUT2D eigenvalue weighted by atomic mass is 32.2. The fourth-order valence-electron chi connectivity index (χ4n) is 3.67. The Balaban J connectivity index is 1.41. The third kappa shape index (κ3) is 3.10. The molecular weight excluding hydrogens is 344 g/mol. The zero-order valence-electron chi connectivity index (χ0n) is 13.7. The Morgan fingerprint density at radius 2 is 2.17 bits per heavy atom. The molecule has 24 heavy (non-hydrogen) atoms. The van der Waals surface area contributed by atoms with Crippen molar-refractivity contribution in [1.29, 1.82) is 0 Å². The van der Waals surface area contributed by atoms with Gasteiger partial charge in [-0.1, -0.05) is 0 Å². The summed E-state index contributed by atoms with van der Waals surface area (Å²) in [5.41, 5.74) is 0. The maximum absolute atomic E-state index is 12.6. The summed E-state index contributed by atoms with van der Waals surface area (Å²) in [6.07, 6.45) is 2.38. The largest absolute Gasteiger partial charge is 0.416 e. The van der Waals surface area contributed by atoms with E-state index in [4.69, 9.17) is 4.42 Å². The molecule has 2 aromatic rings. The lowest BCUT2D eigenvalue weighted by atomic mass is 9.79. The van der Waals surface area contributed by atoms with Crippen LogP contribution in [0.25, 0.3) is 0 Å². The molecular formula is C16H20N4O2S2. The molecule has 0 aromatic carbocycles. The number of aromatic nitrogens is 2. The average molecular weight is 364 g/mol. The molecule has 2 aromatic heterocycles. The lowest BCUT2D eigenvalue weighted by Crippen LogP contribution is -2.62. The number of aryl methyl sites for hydroxylation is 1. The molecule has 2 bridgehead atoms. The lowest BCUT2D eigenvalue weighted by molar-refractivity contribution is 0.0218. The van der Waals surface area contributed by atoms with Crippen LogP contribution in [0, 0.1) is 12.8 Å². The van der Waals surface area contributed by atoms with Gasteiger partial charge in [-0.05, 0) is 62.7 Å². The fraction of sp³-hybridized carbons (Fsp3) is 0.562. The second-order valence-corrected chi connectivity index (χ2v) is 8.76. The molecule has 0 saturated carbocycles. The monoisotopic (exact) mass is 364 g/mol. The molecule has 3 aliphatic heterocycles. The summed E-state index contributed by atoms with van der Waals surface area (Å²) < 4.78 is 6.35. The molecule has 6 nitrogen and oxygen atoms in total. The number of thiophene rings is 1. The predicted octanol–water partition coefficient (Wildman–Crippen LogP) is 2.80. The molecule has 3 saturated heterocycles. The summed E-state index contributed by atoms with van der Waals surface area (Å²) in [7, 11) is 0. The molecule has 5 rings (SSSR count). The normalized spacial score (nSPS) is 28.9. The predicted molar refractivity (Wildman–Crippen MR) is 92.5 cm³/mol. The van der Waals surface area contributed by atoms with Crippen LogP contribution in [0.4, 0.5) is 0 Å². The van der Waals surface area contributed by atoms with Crippen LogP contribution in [0.2, 0.25) is 0 Å². The molecule has 0 aliphatic carbocycles. The Morgan fingerprint density at radius 3 is 2.83 bits per heavy atom. The highest BCUT2D eigenvalue weighted by Gasteiger charge is 2.40. The number of carbonyl (C=O) groups excluding carboxylic acids is 1. The average Bonchev–Trinajstić information content (AvgIpc) is 3.21. The summed E-state index contributed by atoms with van der Waals surface area (Å²) in [6.45, 7) is 6.33. The van der Waals surface area contributed by atoms with Crippen LogP contribution in [0.1, 0.15) is 35.3 Å². The second kappa shape index (κ2) is 6.50. The lowest BCUT2D eigenvalue weighted by Gasteiger charge is -2.49. The van der Waals surface area contributed by atoms with Crippen LogP contribution in [-0.4, -0.2) is 46.2 Å². The third-order valence-electron chi connectivity index (χ3n) is 4.98. The van der Waals surface area contributed by atoms with Crippen molar-refractivity contribution in [2.75, 3.05) is 13.1 Å². The van der Waals surface area contributed by atoms with Crippen LogP contribution in [-0.2, 0) is 0 Å². The van der Waals surface area contributed by atoms with Crippen molar-refractivity contribution in [2.45, 2.75) is 48.2 Å². The van der Waals surface area contributed by atoms with Gasteiger partial charge < -0.3 is 9.73 Å². The van der Waals surface area contributed by atoms with Crippen molar-refractivity contribution in [2.24, 2.45) is 5.92 Å². The summed E-state index contributed by atoms with van der Waals surface area (Å²) in [5.74, 6) is 1.19. The molecule has 0 spiro atoms. The maximum Gasteiger partial charge on any atom is 0.282 e. The second-order valence-electron chi connectivity index (χ2n) is 6.42. The van der Waals surface area contributed by atoms with Gasteiger partial charge in [-0.3, -0.25) is 9.69 Å². The van der Waals surface area contributed by atoms with Crippen LogP contribution in [0.5, 0.6) is 0 Å². The molecule has 0 radical (unpaired) electrons. The minimum atomic E-state index is 0.0270. The number of fused-ring (bicyclic) bond motifs is 3. The van der Waals surface area contributed by atoms with E-state index in [0.29, 0.717) is 23.1 Å². The molecule has 3 aliphatic rings. The minimum absolute atomic E-state index is 0.0270. The summed E-state index contributed by atoms with van der Waals surface area (Å²) in [6, 6.07) is 4.50. The minimum Gasteiger partial charge on any atom is -0.416 e. The van der Waals surface area contributed by atoms with E-state index < -0.39 is 0 Å². The topological polar surface area (TPSA) is 71.3 Å². The standard InChI is InChI=1S/C16H20N4O2S2/c1-9-14(11-5-7-20(9)8-6-11)17-15(21)12-3-4-13(23-12)24-16-19-18-10(2)22-16/h3-4,9,11,14H,5-8H2,1-2H3,(H,17,21)/t9-,14-/m0/s1. The summed E-state index contributed by atoms with van der Waals surface area (Å²) in [5, 5.41) is 11.6. The highest BCUT2D eigenvalue weighted by molar-refractivity contribution is 8.01. The SMILES string of the molecule is Cc1nnc(Sc2ccc(C(=O)N[C@@H]3C4CCN(CC4)[C@H]3C)s2)o1. The van der Waals surface area contributed by atoms with Crippen molar-refractivity contribution >= 4 is 29.0 Å². The van der Waals surface area contributed by atoms with Crippen molar-refractivity contribution in [3.63, 3.8) is 0 Å². The van der Waals surface area contributed by atoms with E-state index in [-0.39, 0.29) is 11.9 Å². The highest BCUT2D eigenvalue weighted by Crippen LogP contribution is 2.34. The first-order valence-electron chi connectivity index (χ1n) is 8.23. The van der Waals surface area contributed by atoms with Gasteiger partial charge in [0.1, 0.15) is 0 Å². The van der Waals surface area contributed by atoms with Gasteiger partial charge in [0, 0.05) is 19.0 Å². The summed E-state index contributed by atoms with van der Waals surface area (Å²) >= 11 is 2.86. The molecule has 3 fully saturated rings. The molecule has 8 heteroatoms. The number of hydrogen-bond acceptors (Lipinski definition) is 7. The maximum atomic E-state index is 12.6. The molecule has 128 valence electrons. The van der Waals surface area contributed by atoms with Gasteiger partial charge in [0.05, 0.1) is 9.09 Å². The zero-order chi connectivity index (χ0) is 16.7. The first-order valence-corrected chi connectivity index (χ1v) is 9.86. The Hall–Kier alpha value is -1.38. The smallest absolute Gasteiger partial charge is 0.282 e. The van der Waals surface area contributed by atoms with E-state index in [1.165, 1.54) is 49.0 Å². The van der Waals surface area contributed by atoms with Crippen molar-refractivity contribution in [3.05, 3.63) is 22.9 Å². The van der Waals surface area contributed by atoms with Crippen molar-refractivity contribution in [1.82, 2.24) is 20.4 Å². The van der Waals surface area contributed by atoms with Gasteiger partial charge in [-0.2, -0.15) is 0 Å². The number of rotatable bonds is 4. The van der Waals surface area contributed by atoms with Gasteiger partial charge in [0.25, 0.3) is 11.1 Å². The Morgan fingerprint density at radius 1 is 1.38 bits per heavy atom. The molecule has 2 atom stereocenters. The Kier molecular flexibility index (Phi) is 4.36. The Bertz CT molecular complexity index is 734. The van der Waals surface area contributed by atoms with Crippen molar-refractivity contribution in [3.8, 4) is 0 Å². The molecule has 1 N–H and O–H groups in total. The van der Waals surface area contributed by atoms with E-state index in [1.807, 2.05) is 12.1 Å². The van der Waals surface area contributed by atoms with Crippen LogP contribution < -0.4 is 5.32 Å². The summed E-state index contributed by atoms with van der Waals surface area (Å²) in [4.78, 5) is 15.8. The van der Waals surface area contributed by atoms with Gasteiger partial charge in [0.15, 0.2) is 0 Å². The van der Waals surface area contributed by atoms with E-state index in [1.54, 1.807) is 6.92 Å². The fourth-order valence-corrected chi connectivity index (χ4v) is 5.51. The van der Waals surface area contributed by atoms with Gasteiger partial charge in [-0.25, -0.2) is 0 Å². The van der Waals surface area contributed by atoms with Crippen LogP contribution in [0.3, 0.4) is 0 Å². The van der Waals surface area contributed by atoms with Crippen molar-refractivity contribution < 1.29 is 9.21 Å². The van der Waals surface area contributed by atoms with E-state index in [9.17, 15) is 4.79 Å². The number of piperidine rings is 3.